The second kappa shape index (κ2) is 8.96. The monoisotopic (exact) mass is 450 g/mol. The first-order valence-electron chi connectivity index (χ1n) is 10.7. The third-order valence-corrected chi connectivity index (χ3v) is 6.88. The van der Waals surface area contributed by atoms with E-state index in [1.165, 1.54) is 0 Å². The fraction of sp³-hybridized carbons (Fsp3) is 0.0714. The Hall–Kier alpha value is -3.83. The molecule has 0 aromatic heterocycles. The summed E-state index contributed by atoms with van der Waals surface area (Å²) < 4.78 is 0. The molecule has 1 aliphatic rings. The molecule has 0 atom stereocenters. The molecule has 1 heterocycles. The van der Waals surface area contributed by atoms with Gasteiger partial charge in [-0.1, -0.05) is 60.3 Å². The highest BCUT2D eigenvalue weighted by Gasteiger charge is 2.25. The molecule has 0 radical (unpaired) electrons. The lowest BCUT2D eigenvalue weighted by molar-refractivity contribution is 0.0983. The third kappa shape index (κ3) is 4.28. The molecule has 4 aromatic carbocycles. The molecule has 33 heavy (non-hydrogen) atoms. The van der Waals surface area contributed by atoms with Crippen LogP contribution in [0.4, 0.5) is 11.4 Å². The highest BCUT2D eigenvalue weighted by molar-refractivity contribution is 7.99. The predicted molar refractivity (Wildman–Crippen MR) is 133 cm³/mol. The number of anilines is 2. The summed E-state index contributed by atoms with van der Waals surface area (Å²) in [5, 5.41) is 2.92. The van der Waals surface area contributed by atoms with Crippen LogP contribution in [0.3, 0.4) is 0 Å². The van der Waals surface area contributed by atoms with Crippen LogP contribution in [0.25, 0.3) is 0 Å². The van der Waals surface area contributed by atoms with Crippen molar-refractivity contribution in [1.82, 2.24) is 0 Å². The Morgan fingerprint density at radius 2 is 1.45 bits per heavy atom. The summed E-state index contributed by atoms with van der Waals surface area (Å²) in [6.45, 7) is 2.41. The third-order valence-electron chi connectivity index (χ3n) is 5.70. The fourth-order valence-corrected chi connectivity index (χ4v) is 5.01. The van der Waals surface area contributed by atoms with E-state index in [1.807, 2.05) is 66.4 Å². The number of hydrogen-bond donors (Lipinski definition) is 1. The van der Waals surface area contributed by atoms with E-state index in [-0.39, 0.29) is 11.8 Å². The van der Waals surface area contributed by atoms with Gasteiger partial charge in [0.2, 0.25) is 0 Å². The van der Waals surface area contributed by atoms with Crippen LogP contribution in [0.1, 0.15) is 31.8 Å². The van der Waals surface area contributed by atoms with Crippen molar-refractivity contribution in [3.05, 3.63) is 119 Å². The smallest absolute Gasteiger partial charge is 0.258 e. The molecule has 4 aromatic rings. The van der Waals surface area contributed by atoms with Gasteiger partial charge >= 0.3 is 0 Å². The summed E-state index contributed by atoms with van der Waals surface area (Å²) in [6.07, 6.45) is 0. The van der Waals surface area contributed by atoms with Crippen molar-refractivity contribution in [3.63, 3.8) is 0 Å². The number of nitrogens with one attached hydrogen (secondary N) is 1. The maximum absolute atomic E-state index is 13.6. The van der Waals surface area contributed by atoms with Crippen molar-refractivity contribution in [3.8, 4) is 0 Å². The number of hydrogen-bond acceptors (Lipinski definition) is 3. The number of amides is 2. The van der Waals surface area contributed by atoms with Gasteiger partial charge in [0.25, 0.3) is 11.8 Å². The molecule has 1 N–H and O–H groups in total. The summed E-state index contributed by atoms with van der Waals surface area (Å²) in [4.78, 5) is 30.2. The van der Waals surface area contributed by atoms with Crippen LogP contribution in [-0.4, -0.2) is 11.8 Å². The average molecular weight is 451 g/mol. The highest BCUT2D eigenvalue weighted by atomic mass is 32.2. The number of carbonyl (C=O) groups is 2. The van der Waals surface area contributed by atoms with Crippen molar-refractivity contribution < 1.29 is 9.59 Å². The molecule has 0 unspecified atom stereocenters. The molecule has 0 saturated carbocycles. The molecular weight excluding hydrogens is 428 g/mol. The lowest BCUT2D eigenvalue weighted by Crippen LogP contribution is -2.30. The summed E-state index contributed by atoms with van der Waals surface area (Å²) in [6, 6.07) is 30.7. The van der Waals surface area contributed by atoms with Gasteiger partial charge in [0, 0.05) is 26.6 Å². The molecule has 0 spiro atoms. The Balaban J connectivity index is 1.40. The minimum Gasteiger partial charge on any atom is -0.322 e. The zero-order chi connectivity index (χ0) is 22.8. The lowest BCUT2D eigenvalue weighted by atomic mass is 10.1. The molecule has 2 amide bonds. The van der Waals surface area contributed by atoms with Gasteiger partial charge in [0.05, 0.1) is 12.2 Å². The van der Waals surface area contributed by atoms with Crippen LogP contribution in [0.5, 0.6) is 0 Å². The molecule has 4 nitrogen and oxygen atoms in total. The Bertz CT molecular complexity index is 1350. The first-order valence-corrected chi connectivity index (χ1v) is 11.6. The summed E-state index contributed by atoms with van der Waals surface area (Å²) in [5.41, 5.74) is 4.80. The van der Waals surface area contributed by atoms with Crippen molar-refractivity contribution in [2.75, 3.05) is 10.2 Å². The van der Waals surface area contributed by atoms with E-state index >= 15 is 0 Å². The predicted octanol–water partition coefficient (Wildman–Crippen LogP) is 6.56. The minimum absolute atomic E-state index is 0.0727. The van der Waals surface area contributed by atoms with Gasteiger partial charge in [-0.3, -0.25) is 9.59 Å². The van der Waals surface area contributed by atoms with E-state index in [1.54, 1.807) is 42.1 Å². The first kappa shape index (κ1) is 21.0. The van der Waals surface area contributed by atoms with E-state index in [4.69, 9.17) is 0 Å². The maximum Gasteiger partial charge on any atom is 0.258 e. The number of benzene rings is 4. The number of para-hydroxylation sites is 1. The fourth-order valence-electron chi connectivity index (χ4n) is 3.93. The second-order valence-corrected chi connectivity index (χ2v) is 9.00. The Kier molecular flexibility index (Phi) is 5.71. The van der Waals surface area contributed by atoms with E-state index in [0.717, 1.165) is 26.6 Å². The van der Waals surface area contributed by atoms with Crippen LogP contribution in [-0.2, 0) is 6.54 Å². The van der Waals surface area contributed by atoms with Crippen LogP contribution in [0.2, 0.25) is 0 Å². The zero-order valence-corrected chi connectivity index (χ0v) is 18.9. The summed E-state index contributed by atoms with van der Waals surface area (Å²) >= 11 is 1.69. The number of fused-ring (bicyclic) bond motifs is 2. The highest BCUT2D eigenvalue weighted by Crippen LogP contribution is 2.41. The Morgan fingerprint density at radius 1 is 0.788 bits per heavy atom. The van der Waals surface area contributed by atoms with Gasteiger partial charge in [-0.15, -0.1) is 0 Å². The summed E-state index contributed by atoms with van der Waals surface area (Å²) in [7, 11) is 0. The topological polar surface area (TPSA) is 49.4 Å². The van der Waals surface area contributed by atoms with E-state index < -0.39 is 0 Å². The Morgan fingerprint density at radius 3 is 2.24 bits per heavy atom. The van der Waals surface area contributed by atoms with Gasteiger partial charge in [-0.2, -0.15) is 0 Å². The molecule has 5 rings (SSSR count). The maximum atomic E-state index is 13.6. The van der Waals surface area contributed by atoms with Crippen LogP contribution < -0.4 is 10.2 Å². The number of aryl methyl sites for hydroxylation is 1. The van der Waals surface area contributed by atoms with E-state index in [9.17, 15) is 9.59 Å². The molecule has 162 valence electrons. The van der Waals surface area contributed by atoms with Gasteiger partial charge in [-0.25, -0.2) is 0 Å². The summed E-state index contributed by atoms with van der Waals surface area (Å²) in [5.74, 6) is -0.237. The van der Waals surface area contributed by atoms with E-state index in [2.05, 4.69) is 17.4 Å². The molecule has 0 saturated heterocycles. The van der Waals surface area contributed by atoms with Crippen LogP contribution >= 0.6 is 11.8 Å². The molecule has 0 aliphatic carbocycles. The second-order valence-electron chi connectivity index (χ2n) is 7.92. The first-order chi connectivity index (χ1) is 16.1. The molecule has 0 fully saturated rings. The van der Waals surface area contributed by atoms with Crippen molar-refractivity contribution in [1.29, 1.82) is 0 Å². The zero-order valence-electron chi connectivity index (χ0n) is 18.1. The number of nitrogens with zero attached hydrogens (tertiary/aromatic N) is 1. The molecule has 5 heteroatoms. The van der Waals surface area contributed by atoms with E-state index in [0.29, 0.717) is 23.4 Å². The van der Waals surface area contributed by atoms with Crippen molar-refractivity contribution in [2.45, 2.75) is 23.3 Å². The average Bonchev–Trinajstić information content (AvgIpc) is 3.01. The number of rotatable bonds is 3. The van der Waals surface area contributed by atoms with Crippen molar-refractivity contribution >= 4 is 35.0 Å². The SMILES string of the molecule is Cc1ccccc1C(=O)Nc1ccc(C(=O)N2Cc3ccccc3Sc3ccccc32)cc1. The lowest BCUT2D eigenvalue weighted by Gasteiger charge is -2.23. The minimum atomic E-state index is -0.165. The molecular formula is C28H22N2O2S. The molecule has 0 bridgehead atoms. The molecule has 1 aliphatic heterocycles. The van der Waals surface area contributed by atoms with Crippen LogP contribution in [0, 0.1) is 6.92 Å². The van der Waals surface area contributed by atoms with Gasteiger partial charge in [-0.05, 0) is 66.6 Å². The normalized spacial score (nSPS) is 12.3. The number of carbonyl (C=O) groups excluding carboxylic acids is 2. The quantitative estimate of drug-likeness (QED) is 0.385. The largest absolute Gasteiger partial charge is 0.322 e. The van der Waals surface area contributed by atoms with Gasteiger partial charge in [0.15, 0.2) is 0 Å². The van der Waals surface area contributed by atoms with Crippen molar-refractivity contribution in [2.24, 2.45) is 0 Å². The standard InChI is InChI=1S/C28H22N2O2S/c1-19-8-2-4-10-23(19)27(31)29-22-16-14-20(15-17-22)28(32)30-18-21-9-3-6-12-25(21)33-26-13-7-5-11-24(26)30/h2-17H,18H2,1H3,(H,29,31). The van der Waals surface area contributed by atoms with Gasteiger partial charge in [0.1, 0.15) is 0 Å². The van der Waals surface area contributed by atoms with Gasteiger partial charge < -0.3 is 10.2 Å². The van der Waals surface area contributed by atoms with Crippen LogP contribution in [0.15, 0.2) is 107 Å². The Labute approximate surface area is 197 Å².